The number of piperazine rings is 1. The minimum Gasteiger partial charge on any atom is -0.495 e. The Kier molecular flexibility index (Phi) is 10.9. The summed E-state index contributed by atoms with van der Waals surface area (Å²) in [6.45, 7) is 5.67. The number of amides is 5. The van der Waals surface area contributed by atoms with Crippen LogP contribution in [0.25, 0.3) is 11.2 Å². The van der Waals surface area contributed by atoms with E-state index in [4.69, 9.17) is 9.72 Å². The van der Waals surface area contributed by atoms with Crippen molar-refractivity contribution in [3.05, 3.63) is 96.6 Å². The number of anilines is 4. The maximum Gasteiger partial charge on any atom is 0.328 e. The van der Waals surface area contributed by atoms with E-state index in [1.165, 1.54) is 30.5 Å². The summed E-state index contributed by atoms with van der Waals surface area (Å²) in [5.41, 5.74) is 5.95. The van der Waals surface area contributed by atoms with Gasteiger partial charge in [-0.1, -0.05) is 30.3 Å². The van der Waals surface area contributed by atoms with Gasteiger partial charge >= 0.3 is 6.03 Å². The normalized spacial score (nSPS) is 21.4. The molecule has 0 atom stereocenters. The number of likely N-dealkylation sites (tertiary alicyclic amines) is 1. The minimum absolute atomic E-state index is 0.0429. The number of urea groups is 1. The van der Waals surface area contributed by atoms with Crippen molar-refractivity contribution >= 4 is 57.8 Å². The predicted octanol–water partition coefficient (Wildman–Crippen LogP) is 5.29. The number of ether oxygens (including phenoxy) is 1. The Morgan fingerprint density at radius 3 is 2.35 bits per heavy atom. The highest BCUT2D eigenvalue weighted by Crippen LogP contribution is 2.51. The van der Waals surface area contributed by atoms with Crippen LogP contribution in [0.15, 0.2) is 85.5 Å². The Labute approximate surface area is 366 Å². The highest BCUT2D eigenvalue weighted by Gasteiger charge is 2.48. The molecule has 3 saturated heterocycles. The summed E-state index contributed by atoms with van der Waals surface area (Å²) >= 11 is 0. The number of hydrogen-bond acceptors (Lipinski definition) is 11. The zero-order chi connectivity index (χ0) is 43.1. The lowest BCUT2D eigenvalue weighted by atomic mass is 9.60. The van der Waals surface area contributed by atoms with Gasteiger partial charge in [0.25, 0.3) is 5.91 Å². The van der Waals surface area contributed by atoms with Gasteiger partial charge in [0.1, 0.15) is 12.1 Å². The third kappa shape index (κ3) is 8.26. The molecule has 3 aliphatic heterocycles. The molecule has 16 heteroatoms. The summed E-state index contributed by atoms with van der Waals surface area (Å²) in [6, 6.07) is 24.0. The first-order chi connectivity index (χ1) is 30.7. The molecule has 0 unspecified atom stereocenters. The van der Waals surface area contributed by atoms with Crippen molar-refractivity contribution in [1.82, 2.24) is 40.0 Å². The molecule has 5 aromatic rings. The first-order valence-electron chi connectivity index (χ1n) is 22.2. The summed E-state index contributed by atoms with van der Waals surface area (Å²) in [4.78, 5) is 72.9. The van der Waals surface area contributed by atoms with Crippen molar-refractivity contribution in [2.45, 2.75) is 69.5 Å². The van der Waals surface area contributed by atoms with Crippen molar-refractivity contribution in [1.29, 1.82) is 0 Å². The third-order valence-electron chi connectivity index (χ3n) is 14.0. The van der Waals surface area contributed by atoms with E-state index in [2.05, 4.69) is 64.6 Å². The number of nitrogens with zero attached hydrogens (tertiary/aromatic N) is 8. The van der Waals surface area contributed by atoms with Gasteiger partial charge in [0.15, 0.2) is 17.0 Å². The van der Waals surface area contributed by atoms with Crippen LogP contribution in [0.1, 0.15) is 66.9 Å². The Morgan fingerprint density at radius 2 is 1.62 bits per heavy atom. The van der Waals surface area contributed by atoms with Crippen LogP contribution in [0.2, 0.25) is 0 Å². The largest absolute Gasteiger partial charge is 0.495 e. The number of benzene rings is 3. The van der Waals surface area contributed by atoms with E-state index in [0.29, 0.717) is 53.8 Å². The van der Waals surface area contributed by atoms with Crippen LogP contribution >= 0.6 is 0 Å². The van der Waals surface area contributed by atoms with Gasteiger partial charge in [-0.3, -0.25) is 29.5 Å². The first-order valence-corrected chi connectivity index (χ1v) is 22.2. The topological polar surface area (TPSA) is 170 Å². The van der Waals surface area contributed by atoms with Gasteiger partial charge in [0.05, 0.1) is 25.5 Å². The summed E-state index contributed by atoms with van der Waals surface area (Å²) in [6.07, 6.45) is 10.0. The number of methoxy groups -OCH3 is 1. The molecule has 2 aromatic heterocycles. The number of piperidine rings is 1. The summed E-state index contributed by atoms with van der Waals surface area (Å²) in [7, 11) is 1.53. The van der Waals surface area contributed by atoms with Crippen LogP contribution < -0.4 is 30.5 Å². The zero-order valence-corrected chi connectivity index (χ0v) is 35.5. The zero-order valence-electron chi connectivity index (χ0n) is 35.5. The van der Waals surface area contributed by atoms with E-state index in [1.807, 2.05) is 41.6 Å². The molecule has 0 bridgehead atoms. The van der Waals surface area contributed by atoms with E-state index >= 15 is 0 Å². The van der Waals surface area contributed by atoms with Gasteiger partial charge in [-0.2, -0.15) is 0 Å². The van der Waals surface area contributed by atoms with E-state index in [1.54, 1.807) is 24.5 Å². The molecule has 3 aromatic carbocycles. The minimum atomic E-state index is -0.507. The van der Waals surface area contributed by atoms with E-state index < -0.39 is 6.03 Å². The number of aromatic nitrogens is 4. The first kappa shape index (κ1) is 40.5. The van der Waals surface area contributed by atoms with Crippen LogP contribution in [0, 0.1) is 5.41 Å². The Morgan fingerprint density at radius 1 is 0.857 bits per heavy atom. The lowest BCUT2D eigenvalue weighted by Gasteiger charge is -2.56. The quantitative estimate of drug-likeness (QED) is 0.158. The van der Waals surface area contributed by atoms with Crippen molar-refractivity contribution in [3.8, 4) is 5.75 Å². The van der Waals surface area contributed by atoms with Gasteiger partial charge in [0.2, 0.25) is 11.8 Å². The second-order valence-electron chi connectivity index (χ2n) is 17.8. The molecule has 5 heterocycles. The monoisotopic (exact) mass is 851 g/mol. The number of rotatable bonds is 11. The Bertz CT molecular complexity index is 2500. The molecular formula is C47H53N11O5. The third-order valence-corrected chi connectivity index (χ3v) is 14.0. The molecule has 5 fully saturated rings. The summed E-state index contributed by atoms with van der Waals surface area (Å²) < 4.78 is 7.60. The average molecular weight is 852 g/mol. The van der Waals surface area contributed by atoms with Crippen molar-refractivity contribution < 1.29 is 23.9 Å². The Balaban J connectivity index is 0.674. The smallest absolute Gasteiger partial charge is 0.328 e. The van der Waals surface area contributed by atoms with Gasteiger partial charge in [-0.15, -0.1) is 0 Å². The molecule has 5 aliphatic rings. The van der Waals surface area contributed by atoms with Gasteiger partial charge in [0, 0.05) is 87.3 Å². The van der Waals surface area contributed by atoms with Gasteiger partial charge in [-0.25, -0.2) is 19.7 Å². The summed E-state index contributed by atoms with van der Waals surface area (Å²) in [5.74, 6) is 0.845. The maximum atomic E-state index is 13.7. The number of imidazole rings is 1. The van der Waals surface area contributed by atoms with Crippen molar-refractivity contribution in [2.24, 2.45) is 5.41 Å². The molecule has 10 rings (SSSR count). The molecule has 16 nitrogen and oxygen atoms in total. The van der Waals surface area contributed by atoms with Crippen LogP contribution in [-0.4, -0.2) is 118 Å². The lowest BCUT2D eigenvalue weighted by molar-refractivity contribution is -0.122. The second-order valence-corrected chi connectivity index (χ2v) is 17.8. The number of carbonyl (C=O) groups is 4. The highest BCUT2D eigenvalue weighted by atomic mass is 16.5. The fraction of sp³-hybridized carbons (Fsp3) is 0.426. The fourth-order valence-corrected chi connectivity index (χ4v) is 10.2. The molecule has 2 saturated carbocycles. The molecule has 1 spiro atoms. The maximum absolute atomic E-state index is 13.7. The number of hydrogen-bond donors (Lipinski definition) is 3. The van der Waals surface area contributed by atoms with E-state index in [-0.39, 0.29) is 42.8 Å². The number of nitrogens with one attached hydrogen (secondary N) is 3. The SMILES string of the molecule is COc1ccc(C(=O)N2CCC3(CC2)CC(N2CCN(c4ccc(Nc5ncnc6c5ncn6C5CC(NC(=O)Cc6ccccc6)C5)cc4)CC2)C3)cc1N1CCC(=O)NC1=O. The van der Waals surface area contributed by atoms with Crippen LogP contribution in [0.5, 0.6) is 5.75 Å². The second kappa shape index (κ2) is 17.0. The standard InChI is InChI=1S/C47H53N11O5/c1-63-39-12-7-32(24-38(39)57-16-13-40(59)53-46(57)62)45(61)56-17-14-47(15-18-56)27-37(28-47)55-21-19-54(20-22-55)35-10-8-33(9-11-35)52-43-42-44(49-29-48-43)58(30-50-42)36-25-34(26-36)51-41(60)23-31-5-3-2-4-6-31/h2-12,24,29-30,34,36-37H,13-23,25-28H2,1H3,(H,51,60)(H,48,49,52)(H,53,59,62). The van der Waals surface area contributed by atoms with Gasteiger partial charge in [-0.05, 0) is 92.0 Å². The molecule has 3 N–H and O–H groups in total. The number of carbonyl (C=O) groups excluding carboxylic acids is 4. The van der Waals surface area contributed by atoms with Crippen LogP contribution in [-0.2, 0) is 16.0 Å². The van der Waals surface area contributed by atoms with Gasteiger partial charge < -0.3 is 29.7 Å². The number of fused-ring (bicyclic) bond motifs is 1. The summed E-state index contributed by atoms with van der Waals surface area (Å²) in [5, 5.41) is 8.99. The molecule has 2 aliphatic carbocycles. The van der Waals surface area contributed by atoms with Crippen LogP contribution in [0.3, 0.4) is 0 Å². The average Bonchev–Trinajstić information content (AvgIpc) is 3.71. The lowest BCUT2D eigenvalue weighted by Crippen LogP contribution is -2.59. The Hall–Kier alpha value is -6.55. The number of imide groups is 1. The van der Waals surface area contributed by atoms with Crippen molar-refractivity contribution in [3.63, 3.8) is 0 Å². The molecule has 5 amide bonds. The van der Waals surface area contributed by atoms with E-state index in [0.717, 1.165) is 74.3 Å². The van der Waals surface area contributed by atoms with E-state index in [9.17, 15) is 19.2 Å². The van der Waals surface area contributed by atoms with Crippen molar-refractivity contribution in [2.75, 3.05) is 68.0 Å². The predicted molar refractivity (Wildman–Crippen MR) is 238 cm³/mol. The fourth-order valence-electron chi connectivity index (χ4n) is 10.2. The molecule has 0 radical (unpaired) electrons. The van der Waals surface area contributed by atoms with Crippen LogP contribution in [0.4, 0.5) is 27.7 Å². The molecular weight excluding hydrogens is 799 g/mol. The highest BCUT2D eigenvalue weighted by molar-refractivity contribution is 6.07. The molecule has 63 heavy (non-hydrogen) atoms. The molecule has 326 valence electrons.